The zero-order chi connectivity index (χ0) is 23.2. The van der Waals surface area contributed by atoms with Crippen LogP contribution in [0.5, 0.6) is 0 Å². The number of anilines is 1. The van der Waals surface area contributed by atoms with Crippen LogP contribution >= 0.6 is 11.3 Å². The molecule has 1 aliphatic rings. The van der Waals surface area contributed by atoms with E-state index in [1.807, 2.05) is 29.8 Å². The average Bonchev–Trinajstić information content (AvgIpc) is 3.46. The zero-order valence-electron chi connectivity index (χ0n) is 18.2. The van der Waals surface area contributed by atoms with Crippen molar-refractivity contribution in [2.75, 3.05) is 18.5 Å². The molecule has 3 aromatic rings. The monoisotopic (exact) mass is 464 g/mol. The number of hydrogen-bond donors (Lipinski definition) is 1. The summed E-state index contributed by atoms with van der Waals surface area (Å²) in [7, 11) is 0. The second-order valence-electron chi connectivity index (χ2n) is 7.85. The molecule has 0 aromatic carbocycles. The summed E-state index contributed by atoms with van der Waals surface area (Å²) in [6.07, 6.45) is 9.06. The molecule has 1 atom stereocenters. The number of aromatic nitrogens is 3. The van der Waals surface area contributed by atoms with Crippen molar-refractivity contribution in [2.45, 2.75) is 38.8 Å². The van der Waals surface area contributed by atoms with Crippen LogP contribution in [0.15, 0.2) is 43.2 Å². The lowest BCUT2D eigenvalue weighted by molar-refractivity contribution is -0.116. The van der Waals surface area contributed by atoms with Crippen molar-refractivity contribution in [3.05, 3.63) is 64.8 Å². The molecule has 170 valence electrons. The van der Waals surface area contributed by atoms with E-state index in [9.17, 15) is 14.9 Å². The number of nitrogens with zero attached hydrogens (tertiary/aromatic N) is 5. The van der Waals surface area contributed by atoms with E-state index in [1.165, 1.54) is 11.3 Å². The fourth-order valence-corrected chi connectivity index (χ4v) is 4.99. The van der Waals surface area contributed by atoms with Crippen molar-refractivity contribution < 1.29 is 14.3 Å². The third kappa shape index (κ3) is 5.38. The summed E-state index contributed by atoms with van der Waals surface area (Å²) in [6, 6.07) is 6.02. The van der Waals surface area contributed by atoms with Crippen molar-refractivity contribution in [2.24, 2.45) is 0 Å². The van der Waals surface area contributed by atoms with Crippen LogP contribution < -0.4 is 5.32 Å². The number of carbonyl (C=O) groups excluding carboxylic acids is 2. The Bertz CT molecular complexity index is 1150. The Hall–Kier alpha value is -3.71. The fourth-order valence-electron chi connectivity index (χ4n) is 3.76. The molecular formula is C23H24N6O3S. The number of nitrogens with one attached hydrogen (secondary N) is 1. The molecule has 1 aliphatic heterocycles. The van der Waals surface area contributed by atoms with Gasteiger partial charge in [-0.1, -0.05) is 13.0 Å². The number of hydrogen-bond acceptors (Lipinski definition) is 7. The normalized spacial score (nSPS) is 13.6. The lowest BCUT2D eigenvalue weighted by Gasteiger charge is -2.26. The molecule has 10 heteroatoms. The molecule has 2 amide bonds. The number of carbonyl (C=O) groups is 2. The second kappa shape index (κ2) is 10.3. The summed E-state index contributed by atoms with van der Waals surface area (Å²) in [5.41, 5.74) is 2.38. The summed E-state index contributed by atoms with van der Waals surface area (Å²) < 4.78 is 7.22. The maximum absolute atomic E-state index is 12.6. The van der Waals surface area contributed by atoms with Gasteiger partial charge in [0.25, 0.3) is 0 Å². The molecule has 9 nitrogen and oxygen atoms in total. The van der Waals surface area contributed by atoms with Crippen LogP contribution in [0.4, 0.5) is 9.80 Å². The van der Waals surface area contributed by atoms with E-state index in [1.54, 1.807) is 29.8 Å². The van der Waals surface area contributed by atoms with Crippen molar-refractivity contribution >= 4 is 28.3 Å². The van der Waals surface area contributed by atoms with E-state index < -0.39 is 0 Å². The lowest BCUT2D eigenvalue weighted by Crippen LogP contribution is -2.36. The number of rotatable bonds is 7. The Morgan fingerprint density at radius 1 is 1.36 bits per heavy atom. The quantitative estimate of drug-likeness (QED) is 0.572. The van der Waals surface area contributed by atoms with Crippen LogP contribution in [0.2, 0.25) is 0 Å². The second-order valence-corrected chi connectivity index (χ2v) is 8.95. The molecule has 1 N–H and O–H groups in total. The third-order valence-corrected chi connectivity index (χ3v) is 6.69. The summed E-state index contributed by atoms with van der Waals surface area (Å²) >= 11 is 1.35. The molecular weight excluding hydrogens is 440 g/mol. The highest BCUT2D eigenvalue weighted by Crippen LogP contribution is 2.37. The maximum Gasteiger partial charge on any atom is 0.410 e. The molecule has 0 saturated carbocycles. The number of ether oxygens (including phenoxy) is 1. The standard InChI is InChI=1S/C23H24N6O3S/c1-16(17-3-2-5-25-13-17)11-21(30)27-22-19(12-24)18-4-7-29(14-20(18)33-22)23(31)32-10-9-28-8-6-26-15-28/h2-3,5-6,8,13,15-16H,4,7,9-11,14H2,1H3,(H,27,30)/t16-/m0/s1. The maximum atomic E-state index is 12.6. The molecule has 0 aliphatic carbocycles. The SMILES string of the molecule is C[C@@H](CC(=O)Nc1sc2c(c1C#N)CCN(C(=O)OCCn1ccnc1)C2)c1cccnc1. The molecule has 0 saturated heterocycles. The van der Waals surface area contributed by atoms with Crippen LogP contribution in [0, 0.1) is 11.3 Å². The number of imidazole rings is 1. The van der Waals surface area contributed by atoms with E-state index in [0.29, 0.717) is 36.6 Å². The molecule has 0 radical (unpaired) electrons. The van der Waals surface area contributed by atoms with Gasteiger partial charge in [0.05, 0.1) is 25.0 Å². The van der Waals surface area contributed by atoms with Crippen LogP contribution in [-0.2, 0) is 29.0 Å². The van der Waals surface area contributed by atoms with Gasteiger partial charge in [-0.3, -0.25) is 9.78 Å². The Kier molecular flexibility index (Phi) is 7.00. The van der Waals surface area contributed by atoms with Crippen molar-refractivity contribution in [3.63, 3.8) is 0 Å². The summed E-state index contributed by atoms with van der Waals surface area (Å²) in [5.74, 6) is -0.149. The molecule has 0 spiro atoms. The fraction of sp³-hybridized carbons (Fsp3) is 0.348. The Balaban J connectivity index is 1.36. The highest BCUT2D eigenvalue weighted by atomic mass is 32.1. The van der Waals surface area contributed by atoms with Crippen LogP contribution in [0.25, 0.3) is 0 Å². The highest BCUT2D eigenvalue weighted by Gasteiger charge is 2.28. The van der Waals surface area contributed by atoms with E-state index in [-0.39, 0.29) is 30.9 Å². The minimum atomic E-state index is -0.386. The summed E-state index contributed by atoms with van der Waals surface area (Å²) in [4.78, 5) is 35.7. The molecule has 0 bridgehead atoms. The van der Waals surface area contributed by atoms with Gasteiger partial charge < -0.3 is 19.5 Å². The molecule has 0 fully saturated rings. The first-order valence-electron chi connectivity index (χ1n) is 10.7. The van der Waals surface area contributed by atoms with E-state index in [2.05, 4.69) is 21.4 Å². The molecule has 3 aromatic heterocycles. The van der Waals surface area contributed by atoms with Crippen LogP contribution in [0.3, 0.4) is 0 Å². The average molecular weight is 465 g/mol. The van der Waals surface area contributed by atoms with E-state index in [0.717, 1.165) is 16.0 Å². The van der Waals surface area contributed by atoms with Gasteiger partial charge in [0.15, 0.2) is 0 Å². The van der Waals surface area contributed by atoms with Gasteiger partial charge in [0, 0.05) is 42.6 Å². The zero-order valence-corrected chi connectivity index (χ0v) is 19.0. The van der Waals surface area contributed by atoms with E-state index in [4.69, 9.17) is 4.74 Å². The molecule has 0 unspecified atom stereocenters. The van der Waals surface area contributed by atoms with Crippen LogP contribution in [-0.4, -0.2) is 44.6 Å². The highest BCUT2D eigenvalue weighted by molar-refractivity contribution is 7.16. The minimum Gasteiger partial charge on any atom is -0.448 e. The number of thiophene rings is 1. The van der Waals surface area contributed by atoms with Gasteiger partial charge in [0.2, 0.25) is 5.91 Å². The first kappa shape index (κ1) is 22.5. The predicted molar refractivity (Wildman–Crippen MR) is 123 cm³/mol. The molecule has 4 heterocycles. The number of nitriles is 1. The van der Waals surface area contributed by atoms with Crippen LogP contribution in [0.1, 0.15) is 40.8 Å². The van der Waals surface area contributed by atoms with Gasteiger partial charge in [-0.2, -0.15) is 5.26 Å². The van der Waals surface area contributed by atoms with E-state index >= 15 is 0 Å². The third-order valence-electron chi connectivity index (χ3n) is 5.56. The Labute approximate surface area is 195 Å². The first-order valence-corrected chi connectivity index (χ1v) is 11.5. The number of pyridine rings is 1. The van der Waals surface area contributed by atoms with Gasteiger partial charge >= 0.3 is 6.09 Å². The number of amides is 2. The van der Waals surface area contributed by atoms with Gasteiger partial charge in [0.1, 0.15) is 17.7 Å². The Morgan fingerprint density at radius 2 is 2.24 bits per heavy atom. The van der Waals surface area contributed by atoms with Crippen molar-refractivity contribution in [3.8, 4) is 6.07 Å². The van der Waals surface area contributed by atoms with Crippen molar-refractivity contribution in [1.29, 1.82) is 5.26 Å². The predicted octanol–water partition coefficient (Wildman–Crippen LogP) is 3.54. The van der Waals surface area contributed by atoms with Crippen molar-refractivity contribution in [1.82, 2.24) is 19.4 Å². The number of fused-ring (bicyclic) bond motifs is 1. The van der Waals surface area contributed by atoms with Gasteiger partial charge in [-0.15, -0.1) is 11.3 Å². The largest absolute Gasteiger partial charge is 0.448 e. The van der Waals surface area contributed by atoms with Gasteiger partial charge in [-0.05, 0) is 29.5 Å². The lowest BCUT2D eigenvalue weighted by atomic mass is 9.99. The molecule has 33 heavy (non-hydrogen) atoms. The first-order chi connectivity index (χ1) is 16.0. The topological polar surface area (TPSA) is 113 Å². The minimum absolute atomic E-state index is 0.00593. The summed E-state index contributed by atoms with van der Waals surface area (Å²) in [5, 5.41) is 13.2. The Morgan fingerprint density at radius 3 is 2.97 bits per heavy atom. The summed E-state index contributed by atoms with van der Waals surface area (Å²) in [6.45, 7) is 3.59. The molecule has 4 rings (SSSR count). The smallest absolute Gasteiger partial charge is 0.410 e. The van der Waals surface area contributed by atoms with Gasteiger partial charge in [-0.25, -0.2) is 9.78 Å².